The Hall–Kier alpha value is -1.84. The molecule has 4 nitrogen and oxygen atoms in total. The average Bonchev–Trinajstić information content (AvgIpc) is 3.21. The van der Waals surface area contributed by atoms with E-state index in [1.165, 1.54) is 0 Å². The van der Waals surface area contributed by atoms with Crippen LogP contribution in [-0.4, -0.2) is 29.3 Å². The van der Waals surface area contributed by atoms with Crippen molar-refractivity contribution in [3.05, 3.63) is 35.9 Å². The summed E-state index contributed by atoms with van der Waals surface area (Å²) in [5.74, 6) is 0.549. The van der Waals surface area contributed by atoms with Crippen molar-refractivity contribution in [3.63, 3.8) is 0 Å². The van der Waals surface area contributed by atoms with Crippen LogP contribution in [0.1, 0.15) is 31.4 Å². The van der Waals surface area contributed by atoms with E-state index in [1.54, 1.807) is 4.90 Å². The van der Waals surface area contributed by atoms with Crippen molar-refractivity contribution in [2.24, 2.45) is 5.92 Å². The molecule has 0 aromatic heterocycles. The second kappa shape index (κ2) is 4.68. The van der Waals surface area contributed by atoms with Crippen molar-refractivity contribution in [2.45, 2.75) is 31.8 Å². The van der Waals surface area contributed by atoms with E-state index in [4.69, 9.17) is 0 Å². The first kappa shape index (κ1) is 12.2. The van der Waals surface area contributed by atoms with E-state index < -0.39 is 6.04 Å². The zero-order valence-corrected chi connectivity index (χ0v) is 11.0. The van der Waals surface area contributed by atoms with Crippen molar-refractivity contribution in [1.29, 1.82) is 0 Å². The molecule has 2 amide bonds. The highest BCUT2D eigenvalue weighted by Gasteiger charge is 2.47. The molecular weight excluding hydrogens is 240 g/mol. The van der Waals surface area contributed by atoms with Crippen LogP contribution in [0.4, 0.5) is 0 Å². The topological polar surface area (TPSA) is 49.4 Å². The van der Waals surface area contributed by atoms with Crippen LogP contribution in [-0.2, 0) is 9.59 Å². The number of piperazine rings is 1. The molecular formula is C15H18N2O2. The Labute approximate surface area is 112 Å². The average molecular weight is 258 g/mol. The quantitative estimate of drug-likeness (QED) is 0.893. The summed E-state index contributed by atoms with van der Waals surface area (Å²) in [6, 6.07) is 9.21. The summed E-state index contributed by atoms with van der Waals surface area (Å²) < 4.78 is 0. The molecule has 3 rings (SSSR count). The summed E-state index contributed by atoms with van der Waals surface area (Å²) in [6.07, 6.45) is 2.11. The van der Waals surface area contributed by atoms with Crippen molar-refractivity contribution in [3.8, 4) is 0 Å². The molecule has 1 saturated heterocycles. The predicted molar refractivity (Wildman–Crippen MR) is 71.2 cm³/mol. The van der Waals surface area contributed by atoms with E-state index in [-0.39, 0.29) is 24.4 Å². The van der Waals surface area contributed by atoms with E-state index in [0.717, 1.165) is 18.4 Å². The largest absolute Gasteiger partial charge is 0.339 e. The minimum absolute atomic E-state index is 0.0340. The Morgan fingerprint density at radius 2 is 2.00 bits per heavy atom. The van der Waals surface area contributed by atoms with Crippen LogP contribution in [0.25, 0.3) is 0 Å². The van der Waals surface area contributed by atoms with Gasteiger partial charge >= 0.3 is 0 Å². The highest BCUT2D eigenvalue weighted by atomic mass is 16.2. The van der Waals surface area contributed by atoms with E-state index in [0.29, 0.717) is 5.92 Å². The molecule has 0 radical (unpaired) electrons. The first-order valence-electron chi connectivity index (χ1n) is 6.85. The van der Waals surface area contributed by atoms with Crippen molar-refractivity contribution < 1.29 is 9.59 Å². The molecule has 2 aliphatic rings. The van der Waals surface area contributed by atoms with Crippen LogP contribution in [0.5, 0.6) is 0 Å². The predicted octanol–water partition coefficient (Wildman–Crippen LogP) is 1.48. The lowest BCUT2D eigenvalue weighted by Crippen LogP contribution is -2.54. The zero-order valence-electron chi connectivity index (χ0n) is 11.0. The van der Waals surface area contributed by atoms with E-state index in [1.807, 2.05) is 30.3 Å². The lowest BCUT2D eigenvalue weighted by atomic mass is 10.0. The monoisotopic (exact) mass is 258 g/mol. The molecule has 0 spiro atoms. The van der Waals surface area contributed by atoms with Crippen LogP contribution < -0.4 is 5.32 Å². The van der Waals surface area contributed by atoms with Gasteiger partial charge in [-0.15, -0.1) is 0 Å². The Balaban J connectivity index is 1.82. The van der Waals surface area contributed by atoms with Crippen molar-refractivity contribution in [1.82, 2.24) is 10.2 Å². The van der Waals surface area contributed by atoms with Crippen molar-refractivity contribution in [2.75, 3.05) is 6.54 Å². The number of rotatable bonds is 3. The normalized spacial score (nSPS) is 30.2. The standard InChI is InChI=1S/C15H18N2O2/c1-2-10-8-12(10)17-9-13(18)16-14(15(17)19)11-6-4-3-5-7-11/h3-7,10,12,14H,2,8-9H2,1H3,(H,16,18). The van der Waals surface area contributed by atoms with Gasteiger partial charge in [0.15, 0.2) is 0 Å². The minimum Gasteiger partial charge on any atom is -0.339 e. The highest BCUT2D eigenvalue weighted by Crippen LogP contribution is 2.40. The summed E-state index contributed by atoms with van der Waals surface area (Å²) in [7, 11) is 0. The molecule has 1 aromatic carbocycles. The third kappa shape index (κ3) is 2.23. The Kier molecular flexibility index (Phi) is 3.01. The molecule has 1 aromatic rings. The van der Waals surface area contributed by atoms with Crippen LogP contribution in [0.15, 0.2) is 30.3 Å². The third-order valence-electron chi connectivity index (χ3n) is 4.09. The lowest BCUT2D eigenvalue weighted by molar-refractivity contribution is -0.145. The van der Waals surface area contributed by atoms with Crippen LogP contribution in [0.2, 0.25) is 0 Å². The lowest BCUT2D eigenvalue weighted by Gasteiger charge is -2.33. The summed E-state index contributed by atoms with van der Waals surface area (Å²) in [4.78, 5) is 26.1. The second-order valence-corrected chi connectivity index (χ2v) is 5.35. The van der Waals surface area contributed by atoms with Crippen LogP contribution in [0.3, 0.4) is 0 Å². The SMILES string of the molecule is CCC1CC1N1CC(=O)NC(c2ccccc2)C1=O. The molecule has 100 valence electrons. The maximum atomic E-state index is 12.5. The molecule has 0 bridgehead atoms. The van der Waals surface area contributed by atoms with Gasteiger partial charge in [0.05, 0.1) is 6.54 Å². The molecule has 19 heavy (non-hydrogen) atoms. The molecule has 2 fully saturated rings. The maximum Gasteiger partial charge on any atom is 0.250 e. The van der Waals surface area contributed by atoms with Crippen molar-refractivity contribution >= 4 is 11.8 Å². The molecule has 1 aliphatic carbocycles. The molecule has 1 saturated carbocycles. The van der Waals surface area contributed by atoms with Gasteiger partial charge in [0, 0.05) is 6.04 Å². The Morgan fingerprint density at radius 1 is 1.26 bits per heavy atom. The molecule has 4 heteroatoms. The van der Waals surface area contributed by atoms with Gasteiger partial charge in [-0.05, 0) is 17.9 Å². The molecule has 1 N–H and O–H groups in total. The number of hydrogen-bond acceptors (Lipinski definition) is 2. The van der Waals surface area contributed by atoms with Crippen LogP contribution >= 0.6 is 0 Å². The number of benzene rings is 1. The zero-order chi connectivity index (χ0) is 13.4. The van der Waals surface area contributed by atoms with Gasteiger partial charge in [0.2, 0.25) is 5.91 Å². The fourth-order valence-electron chi connectivity index (χ4n) is 2.87. The molecule has 1 aliphatic heterocycles. The van der Waals surface area contributed by atoms with Gasteiger partial charge in [0.25, 0.3) is 5.91 Å². The fourth-order valence-corrected chi connectivity index (χ4v) is 2.87. The summed E-state index contributed by atoms with van der Waals surface area (Å²) in [5, 5.41) is 2.80. The first-order valence-corrected chi connectivity index (χ1v) is 6.85. The number of nitrogens with one attached hydrogen (secondary N) is 1. The smallest absolute Gasteiger partial charge is 0.250 e. The highest BCUT2D eigenvalue weighted by molar-refractivity contribution is 5.95. The number of hydrogen-bond donors (Lipinski definition) is 1. The fraction of sp³-hybridized carbons (Fsp3) is 0.467. The summed E-state index contributed by atoms with van der Waals surface area (Å²) >= 11 is 0. The summed E-state index contributed by atoms with van der Waals surface area (Å²) in [5.41, 5.74) is 0.860. The van der Waals surface area contributed by atoms with E-state index in [2.05, 4.69) is 12.2 Å². The number of carbonyl (C=O) groups excluding carboxylic acids is 2. The van der Waals surface area contributed by atoms with Gasteiger partial charge in [-0.25, -0.2) is 0 Å². The van der Waals surface area contributed by atoms with E-state index >= 15 is 0 Å². The Bertz CT molecular complexity index is 500. The molecule has 3 unspecified atom stereocenters. The number of amides is 2. The Morgan fingerprint density at radius 3 is 2.63 bits per heavy atom. The van der Waals surface area contributed by atoms with E-state index in [9.17, 15) is 9.59 Å². The van der Waals surface area contributed by atoms with Crippen LogP contribution in [0, 0.1) is 5.92 Å². The number of carbonyl (C=O) groups is 2. The maximum absolute atomic E-state index is 12.5. The first-order chi connectivity index (χ1) is 9.20. The number of nitrogens with zero attached hydrogens (tertiary/aromatic N) is 1. The van der Waals surface area contributed by atoms with Gasteiger partial charge in [-0.2, -0.15) is 0 Å². The van der Waals surface area contributed by atoms with Gasteiger partial charge in [0.1, 0.15) is 6.04 Å². The van der Waals surface area contributed by atoms with Gasteiger partial charge in [-0.3, -0.25) is 9.59 Å². The molecule has 3 atom stereocenters. The minimum atomic E-state index is -0.513. The molecule has 1 heterocycles. The third-order valence-corrected chi connectivity index (χ3v) is 4.09. The summed E-state index contributed by atoms with van der Waals surface area (Å²) in [6.45, 7) is 2.34. The van der Waals surface area contributed by atoms with Gasteiger partial charge < -0.3 is 10.2 Å². The second-order valence-electron chi connectivity index (χ2n) is 5.35. The van der Waals surface area contributed by atoms with Gasteiger partial charge in [-0.1, -0.05) is 43.7 Å².